The van der Waals surface area contributed by atoms with Crippen LogP contribution in [0.2, 0.25) is 0 Å². The van der Waals surface area contributed by atoms with E-state index in [1.165, 1.54) is 25.7 Å². The van der Waals surface area contributed by atoms with E-state index in [0.29, 0.717) is 17.5 Å². The third kappa shape index (κ3) is 3.28. The number of carbonyl (C=O) groups is 1. The summed E-state index contributed by atoms with van der Waals surface area (Å²) in [5.41, 5.74) is 3.46. The average Bonchev–Trinajstić information content (AvgIpc) is 3.48. The number of pyridine rings is 2. The van der Waals surface area contributed by atoms with Gasteiger partial charge >= 0.3 is 0 Å². The topological polar surface area (TPSA) is 63.9 Å². The second-order valence-corrected chi connectivity index (χ2v) is 8.09. The van der Waals surface area contributed by atoms with Gasteiger partial charge in [-0.05, 0) is 49.8 Å². The lowest BCUT2D eigenvalue weighted by atomic mass is 10.0. The van der Waals surface area contributed by atoms with Crippen LogP contribution in [0, 0.1) is 5.92 Å². The number of likely N-dealkylation sites (tertiary alicyclic amines) is 1. The summed E-state index contributed by atoms with van der Waals surface area (Å²) in [6.45, 7) is 1.58. The minimum atomic E-state index is 0.0633. The predicted molar refractivity (Wildman–Crippen MR) is 107 cm³/mol. The van der Waals surface area contributed by atoms with E-state index in [9.17, 15) is 4.79 Å². The molecule has 3 aromatic rings. The van der Waals surface area contributed by atoms with Gasteiger partial charge in [0.15, 0.2) is 5.65 Å². The van der Waals surface area contributed by atoms with Gasteiger partial charge in [-0.3, -0.25) is 9.78 Å². The third-order valence-corrected chi connectivity index (χ3v) is 6.18. The molecule has 1 saturated heterocycles. The fraction of sp³-hybridized carbons (Fsp3) is 0.455. The van der Waals surface area contributed by atoms with Gasteiger partial charge in [0.05, 0.1) is 11.9 Å². The van der Waals surface area contributed by atoms with Crippen molar-refractivity contribution < 1.29 is 4.79 Å². The summed E-state index contributed by atoms with van der Waals surface area (Å²) in [4.78, 5) is 28.5. The van der Waals surface area contributed by atoms with Gasteiger partial charge in [0.2, 0.25) is 0 Å². The van der Waals surface area contributed by atoms with Gasteiger partial charge in [-0.25, -0.2) is 9.97 Å². The minimum Gasteiger partial charge on any atom is -0.338 e. The molecule has 4 heterocycles. The van der Waals surface area contributed by atoms with Crippen molar-refractivity contribution in [3.8, 4) is 0 Å². The third-order valence-electron chi connectivity index (χ3n) is 6.18. The molecule has 1 aliphatic heterocycles. The smallest absolute Gasteiger partial charge is 0.255 e. The highest BCUT2D eigenvalue weighted by atomic mass is 16.2. The van der Waals surface area contributed by atoms with Gasteiger partial charge in [-0.1, -0.05) is 18.9 Å². The summed E-state index contributed by atoms with van der Waals surface area (Å²) < 4.78 is 2.19. The molecule has 5 rings (SSSR count). The number of rotatable bonds is 4. The Labute approximate surface area is 164 Å². The Kier molecular flexibility index (Phi) is 4.55. The molecule has 0 bridgehead atoms. The first-order valence-corrected chi connectivity index (χ1v) is 10.3. The molecule has 2 aliphatic rings. The second-order valence-electron chi connectivity index (χ2n) is 8.09. The van der Waals surface area contributed by atoms with E-state index in [2.05, 4.69) is 25.6 Å². The van der Waals surface area contributed by atoms with Crippen molar-refractivity contribution in [3.05, 3.63) is 54.2 Å². The zero-order chi connectivity index (χ0) is 18.9. The van der Waals surface area contributed by atoms with Crippen LogP contribution in [0.15, 0.2) is 43.0 Å². The highest BCUT2D eigenvalue weighted by Gasteiger charge is 2.28. The summed E-state index contributed by atoms with van der Waals surface area (Å²) in [5.74, 6) is 0.533. The molecule has 28 heavy (non-hydrogen) atoms. The van der Waals surface area contributed by atoms with Crippen LogP contribution in [0.1, 0.15) is 54.2 Å². The van der Waals surface area contributed by atoms with E-state index < -0.39 is 0 Å². The minimum absolute atomic E-state index is 0.0633. The zero-order valence-electron chi connectivity index (χ0n) is 16.0. The summed E-state index contributed by atoms with van der Waals surface area (Å²) in [6, 6.07) is 8.42. The fourth-order valence-corrected chi connectivity index (χ4v) is 4.67. The van der Waals surface area contributed by atoms with E-state index in [1.807, 2.05) is 35.6 Å². The van der Waals surface area contributed by atoms with Crippen LogP contribution < -0.4 is 0 Å². The Morgan fingerprint density at radius 1 is 1.11 bits per heavy atom. The molecule has 144 valence electrons. The van der Waals surface area contributed by atoms with Crippen LogP contribution in [0.5, 0.6) is 0 Å². The zero-order valence-corrected chi connectivity index (χ0v) is 16.0. The predicted octanol–water partition coefficient (Wildman–Crippen LogP) is 3.65. The van der Waals surface area contributed by atoms with Crippen molar-refractivity contribution in [2.24, 2.45) is 5.92 Å². The molecular formula is C22H25N5O. The highest BCUT2D eigenvalue weighted by molar-refractivity contribution is 5.96. The first-order valence-electron chi connectivity index (χ1n) is 10.3. The monoisotopic (exact) mass is 375 g/mol. The average molecular weight is 375 g/mol. The van der Waals surface area contributed by atoms with E-state index in [0.717, 1.165) is 42.8 Å². The normalized spacial score (nSPS) is 20.3. The van der Waals surface area contributed by atoms with Crippen LogP contribution in [0.25, 0.3) is 11.2 Å². The first-order chi connectivity index (χ1) is 13.8. The molecule has 1 saturated carbocycles. The van der Waals surface area contributed by atoms with Crippen LogP contribution >= 0.6 is 0 Å². The number of aromatic nitrogens is 4. The van der Waals surface area contributed by atoms with Gasteiger partial charge in [0.25, 0.3) is 5.91 Å². The SMILES string of the molecule is O=C(c1cnc2c(c1)ncn2C1CCCC1)N1CCC(Cc2ccccn2)C1. The molecule has 2 fully saturated rings. The largest absolute Gasteiger partial charge is 0.338 e. The second kappa shape index (κ2) is 7.34. The number of amides is 1. The fourth-order valence-electron chi connectivity index (χ4n) is 4.67. The molecule has 0 N–H and O–H groups in total. The molecule has 6 heteroatoms. The quantitative estimate of drug-likeness (QED) is 0.698. The van der Waals surface area contributed by atoms with Gasteiger partial charge in [-0.2, -0.15) is 0 Å². The standard InChI is InChI=1S/C22H25N5O/c28-22(26-10-8-16(14-26)11-18-5-3-4-9-23-18)17-12-20-21(24-13-17)27(15-25-20)19-6-1-2-7-19/h3-5,9,12-13,15-16,19H,1-2,6-8,10-11,14H2. The van der Waals surface area contributed by atoms with Gasteiger partial charge in [0.1, 0.15) is 5.52 Å². The van der Waals surface area contributed by atoms with Crippen LogP contribution in [-0.2, 0) is 6.42 Å². The van der Waals surface area contributed by atoms with Crippen molar-refractivity contribution in [2.75, 3.05) is 13.1 Å². The van der Waals surface area contributed by atoms with Crippen molar-refractivity contribution in [2.45, 2.75) is 44.6 Å². The van der Waals surface area contributed by atoms with Crippen molar-refractivity contribution >= 4 is 17.1 Å². The molecule has 1 aliphatic carbocycles. The molecule has 6 nitrogen and oxygen atoms in total. The van der Waals surface area contributed by atoms with Gasteiger partial charge in [0, 0.05) is 37.2 Å². The highest BCUT2D eigenvalue weighted by Crippen LogP contribution is 2.31. The summed E-state index contributed by atoms with van der Waals surface area (Å²) in [6.07, 6.45) is 12.3. The van der Waals surface area contributed by atoms with E-state index in [1.54, 1.807) is 6.20 Å². The molecule has 1 atom stereocenters. The van der Waals surface area contributed by atoms with Crippen LogP contribution in [-0.4, -0.2) is 43.4 Å². The Morgan fingerprint density at radius 2 is 2.00 bits per heavy atom. The lowest BCUT2D eigenvalue weighted by molar-refractivity contribution is 0.0787. The molecule has 3 aromatic heterocycles. The lowest BCUT2D eigenvalue weighted by Gasteiger charge is -2.17. The molecule has 0 radical (unpaired) electrons. The number of hydrogen-bond donors (Lipinski definition) is 0. The Morgan fingerprint density at radius 3 is 2.82 bits per heavy atom. The molecular weight excluding hydrogens is 350 g/mol. The first kappa shape index (κ1) is 17.3. The van der Waals surface area contributed by atoms with Gasteiger partial charge in [-0.15, -0.1) is 0 Å². The summed E-state index contributed by atoms with van der Waals surface area (Å²) >= 11 is 0. The number of imidazole rings is 1. The maximum absolute atomic E-state index is 13.0. The van der Waals surface area contributed by atoms with Crippen LogP contribution in [0.3, 0.4) is 0 Å². The summed E-state index contributed by atoms with van der Waals surface area (Å²) in [5, 5.41) is 0. The maximum Gasteiger partial charge on any atom is 0.255 e. The van der Waals surface area contributed by atoms with E-state index >= 15 is 0 Å². The Hall–Kier alpha value is -2.76. The number of nitrogens with zero attached hydrogens (tertiary/aromatic N) is 5. The number of hydrogen-bond acceptors (Lipinski definition) is 4. The van der Waals surface area contributed by atoms with Crippen LogP contribution in [0.4, 0.5) is 0 Å². The molecule has 0 aromatic carbocycles. The van der Waals surface area contributed by atoms with Crippen molar-refractivity contribution in [3.63, 3.8) is 0 Å². The Balaban J connectivity index is 1.29. The lowest BCUT2D eigenvalue weighted by Crippen LogP contribution is -2.29. The van der Waals surface area contributed by atoms with E-state index in [-0.39, 0.29) is 5.91 Å². The molecule has 1 unspecified atom stereocenters. The van der Waals surface area contributed by atoms with Gasteiger partial charge < -0.3 is 9.47 Å². The van der Waals surface area contributed by atoms with E-state index in [4.69, 9.17) is 0 Å². The maximum atomic E-state index is 13.0. The molecule has 1 amide bonds. The van der Waals surface area contributed by atoms with Crippen molar-refractivity contribution in [1.82, 2.24) is 24.4 Å². The number of fused-ring (bicyclic) bond motifs is 1. The summed E-state index contributed by atoms with van der Waals surface area (Å²) in [7, 11) is 0. The molecule has 0 spiro atoms. The number of carbonyl (C=O) groups excluding carboxylic acids is 1. The Bertz CT molecular complexity index is 977. The van der Waals surface area contributed by atoms with Crippen molar-refractivity contribution in [1.29, 1.82) is 0 Å².